The Hall–Kier alpha value is -1.94. The van der Waals surface area contributed by atoms with Gasteiger partial charge in [0.25, 0.3) is 11.8 Å². The van der Waals surface area contributed by atoms with Gasteiger partial charge in [-0.25, -0.2) is 0 Å². The van der Waals surface area contributed by atoms with Gasteiger partial charge in [0.05, 0.1) is 35.9 Å². The predicted molar refractivity (Wildman–Crippen MR) is 82.9 cm³/mol. The lowest BCUT2D eigenvalue weighted by molar-refractivity contribution is 0.0899. The van der Waals surface area contributed by atoms with Crippen LogP contribution in [0.1, 0.15) is 41.2 Å². The number of carbonyl (C=O) groups excluding carboxylic acids is 2. The van der Waals surface area contributed by atoms with Crippen LogP contribution in [0.5, 0.6) is 0 Å². The minimum atomic E-state index is -0.299. The number of amides is 2. The van der Waals surface area contributed by atoms with Gasteiger partial charge >= 0.3 is 0 Å². The lowest BCUT2D eigenvalue weighted by atomic mass is 10.0. The lowest BCUT2D eigenvalue weighted by Crippen LogP contribution is -2.44. The van der Waals surface area contributed by atoms with Crippen LogP contribution in [-0.4, -0.2) is 41.9 Å². The van der Waals surface area contributed by atoms with Crippen molar-refractivity contribution in [3.63, 3.8) is 0 Å². The normalized spacial score (nSPS) is 12.1. The number of nitrogens with one attached hydrogen (secondary N) is 2. The fourth-order valence-electron chi connectivity index (χ4n) is 1.86. The molecule has 0 aromatic carbocycles. The molecular formula is C12H16N6O2S2. The zero-order valence-electron chi connectivity index (χ0n) is 12.1. The van der Waals surface area contributed by atoms with Crippen molar-refractivity contribution in [3.05, 3.63) is 23.8 Å². The summed E-state index contributed by atoms with van der Waals surface area (Å²) in [4.78, 5) is 23.9. The fourth-order valence-corrected chi connectivity index (χ4v) is 2.68. The molecule has 0 unspecified atom stereocenters. The second-order valence-electron chi connectivity index (χ2n) is 5.10. The van der Waals surface area contributed by atoms with E-state index in [-0.39, 0.29) is 29.2 Å². The molecule has 0 spiro atoms. The Morgan fingerprint density at radius 2 is 1.68 bits per heavy atom. The van der Waals surface area contributed by atoms with Crippen molar-refractivity contribution in [2.45, 2.75) is 26.3 Å². The van der Waals surface area contributed by atoms with Crippen molar-refractivity contribution >= 4 is 35.3 Å². The van der Waals surface area contributed by atoms with Crippen LogP contribution < -0.4 is 10.6 Å². The molecule has 0 saturated heterocycles. The zero-order valence-corrected chi connectivity index (χ0v) is 13.8. The highest BCUT2D eigenvalue weighted by Crippen LogP contribution is 2.06. The summed E-state index contributed by atoms with van der Waals surface area (Å²) in [5.41, 5.74) is 0.567. The van der Waals surface area contributed by atoms with E-state index in [4.69, 9.17) is 0 Å². The molecular weight excluding hydrogens is 324 g/mol. The largest absolute Gasteiger partial charge is 0.349 e. The number of nitrogens with zero attached hydrogens (tertiary/aromatic N) is 4. The van der Waals surface area contributed by atoms with Crippen molar-refractivity contribution in [2.24, 2.45) is 5.92 Å². The van der Waals surface area contributed by atoms with E-state index in [0.717, 1.165) is 29.9 Å². The maximum Gasteiger partial charge on any atom is 0.272 e. The van der Waals surface area contributed by atoms with Gasteiger partial charge in [-0.3, -0.25) is 9.59 Å². The summed E-state index contributed by atoms with van der Waals surface area (Å²) < 4.78 is 15.4. The predicted octanol–water partition coefficient (Wildman–Crippen LogP) is 0.964. The summed E-state index contributed by atoms with van der Waals surface area (Å²) in [5.74, 6) is -0.215. The van der Waals surface area contributed by atoms with Crippen molar-refractivity contribution in [1.82, 2.24) is 28.1 Å². The summed E-state index contributed by atoms with van der Waals surface area (Å²) in [6, 6.07) is -0.190. The molecule has 8 nitrogen and oxygen atoms in total. The van der Waals surface area contributed by atoms with E-state index in [0.29, 0.717) is 12.5 Å². The van der Waals surface area contributed by atoms with Crippen molar-refractivity contribution in [3.8, 4) is 0 Å². The molecule has 0 aliphatic rings. The van der Waals surface area contributed by atoms with Crippen LogP contribution in [0.15, 0.2) is 12.4 Å². The molecule has 0 fully saturated rings. The topological polar surface area (TPSA) is 110 Å². The smallest absolute Gasteiger partial charge is 0.272 e. The Bertz CT molecular complexity index is 599. The number of hydrogen-bond donors (Lipinski definition) is 2. The van der Waals surface area contributed by atoms with Crippen LogP contribution >= 0.6 is 23.5 Å². The fraction of sp³-hybridized carbons (Fsp3) is 0.500. The third-order valence-electron chi connectivity index (χ3n) is 2.79. The first-order valence-corrected chi connectivity index (χ1v) is 8.16. The SMILES string of the molecule is CC(C)C[C@H](CNC(=O)c1cnsn1)NC(=O)c1cnsn1. The quantitative estimate of drug-likeness (QED) is 0.777. The number of aromatic nitrogens is 4. The van der Waals surface area contributed by atoms with Crippen LogP contribution in [-0.2, 0) is 0 Å². The van der Waals surface area contributed by atoms with Crippen molar-refractivity contribution in [1.29, 1.82) is 0 Å². The molecule has 2 N–H and O–H groups in total. The standard InChI is InChI=1S/C12H16N6O2S2/c1-7(2)3-8(16-12(20)10-6-15-22-18-10)4-13-11(19)9-5-14-21-17-9/h5-8H,3-4H2,1-2H3,(H,13,19)(H,16,20)/t8-/m1/s1. The van der Waals surface area contributed by atoms with Gasteiger partial charge < -0.3 is 10.6 Å². The first kappa shape index (κ1) is 16.4. The summed E-state index contributed by atoms with van der Waals surface area (Å²) >= 11 is 1.96. The summed E-state index contributed by atoms with van der Waals surface area (Å²) in [7, 11) is 0. The molecule has 2 aromatic heterocycles. The molecule has 22 heavy (non-hydrogen) atoms. The van der Waals surface area contributed by atoms with E-state index in [1.165, 1.54) is 12.4 Å². The second-order valence-corrected chi connectivity index (χ2v) is 6.21. The van der Waals surface area contributed by atoms with E-state index in [2.05, 4.69) is 42.0 Å². The Labute approximate surface area is 136 Å². The molecule has 0 aliphatic carbocycles. The molecule has 118 valence electrons. The van der Waals surface area contributed by atoms with Crippen LogP contribution in [0, 0.1) is 5.92 Å². The van der Waals surface area contributed by atoms with Crippen molar-refractivity contribution in [2.75, 3.05) is 6.54 Å². The molecule has 2 heterocycles. The third kappa shape index (κ3) is 4.81. The molecule has 2 amide bonds. The van der Waals surface area contributed by atoms with Gasteiger partial charge in [0.2, 0.25) is 0 Å². The van der Waals surface area contributed by atoms with Gasteiger partial charge in [0, 0.05) is 12.6 Å². The highest BCUT2D eigenvalue weighted by Gasteiger charge is 2.18. The Morgan fingerprint density at radius 1 is 1.09 bits per heavy atom. The monoisotopic (exact) mass is 340 g/mol. The summed E-state index contributed by atoms with van der Waals surface area (Å²) in [6.45, 7) is 4.42. The number of hydrogen-bond acceptors (Lipinski definition) is 8. The van der Waals surface area contributed by atoms with Gasteiger partial charge in [0.1, 0.15) is 0 Å². The molecule has 2 rings (SSSR count). The molecule has 2 aromatic rings. The van der Waals surface area contributed by atoms with Crippen LogP contribution in [0.2, 0.25) is 0 Å². The molecule has 0 bridgehead atoms. The maximum absolute atomic E-state index is 12.0. The van der Waals surface area contributed by atoms with E-state index < -0.39 is 0 Å². The average molecular weight is 340 g/mol. The first-order valence-electron chi connectivity index (χ1n) is 6.70. The Morgan fingerprint density at radius 3 is 2.18 bits per heavy atom. The molecule has 0 aliphatic heterocycles. The maximum atomic E-state index is 12.0. The van der Waals surface area contributed by atoms with Gasteiger partial charge in [0.15, 0.2) is 11.4 Å². The van der Waals surface area contributed by atoms with E-state index in [1.807, 2.05) is 0 Å². The number of carbonyl (C=O) groups is 2. The van der Waals surface area contributed by atoms with Gasteiger partial charge in [-0.05, 0) is 12.3 Å². The van der Waals surface area contributed by atoms with Gasteiger partial charge in [-0.2, -0.15) is 17.5 Å². The molecule has 0 saturated carbocycles. The van der Waals surface area contributed by atoms with E-state index in [9.17, 15) is 9.59 Å². The molecule has 1 atom stereocenters. The number of rotatable bonds is 7. The molecule has 0 radical (unpaired) electrons. The molecule has 10 heteroatoms. The van der Waals surface area contributed by atoms with Gasteiger partial charge in [-0.1, -0.05) is 13.8 Å². The summed E-state index contributed by atoms with van der Waals surface area (Å²) in [5, 5.41) is 5.63. The minimum Gasteiger partial charge on any atom is -0.349 e. The van der Waals surface area contributed by atoms with E-state index in [1.54, 1.807) is 0 Å². The third-order valence-corrected chi connectivity index (χ3v) is 3.74. The van der Waals surface area contributed by atoms with Crippen LogP contribution in [0.4, 0.5) is 0 Å². The van der Waals surface area contributed by atoms with Crippen LogP contribution in [0.25, 0.3) is 0 Å². The summed E-state index contributed by atoms with van der Waals surface area (Å²) in [6.07, 6.45) is 3.57. The van der Waals surface area contributed by atoms with Crippen molar-refractivity contribution < 1.29 is 9.59 Å². The first-order chi connectivity index (χ1) is 10.6. The van der Waals surface area contributed by atoms with Crippen LogP contribution in [0.3, 0.4) is 0 Å². The Kier molecular flexibility index (Phi) is 5.90. The van der Waals surface area contributed by atoms with Gasteiger partial charge in [-0.15, -0.1) is 0 Å². The highest BCUT2D eigenvalue weighted by atomic mass is 32.1. The minimum absolute atomic E-state index is 0.190. The Balaban J connectivity index is 1.91. The van der Waals surface area contributed by atoms with E-state index >= 15 is 0 Å². The zero-order chi connectivity index (χ0) is 15.9. The second kappa shape index (κ2) is 7.90. The lowest BCUT2D eigenvalue weighted by Gasteiger charge is -2.20. The highest BCUT2D eigenvalue weighted by molar-refractivity contribution is 6.99. The average Bonchev–Trinajstić information content (AvgIpc) is 3.15.